The van der Waals surface area contributed by atoms with Gasteiger partial charge in [0.05, 0.1) is 40.5 Å². The fraction of sp³-hybridized carbons (Fsp3) is 0.217. The number of nitriles is 1. The topological polar surface area (TPSA) is 71.3 Å². The van der Waals surface area contributed by atoms with E-state index in [2.05, 4.69) is 11.4 Å². The van der Waals surface area contributed by atoms with Crippen LogP contribution in [0.3, 0.4) is 0 Å². The molecule has 0 amide bonds. The molecule has 2 aromatic rings. The predicted molar refractivity (Wildman–Crippen MR) is 115 cm³/mol. The van der Waals surface area contributed by atoms with E-state index in [0.717, 1.165) is 0 Å². The van der Waals surface area contributed by atoms with Gasteiger partial charge in [0.15, 0.2) is 0 Å². The largest absolute Gasteiger partial charge is 0.463 e. The fourth-order valence-corrected chi connectivity index (χ4v) is 4.03. The van der Waals surface area contributed by atoms with Gasteiger partial charge in [0.1, 0.15) is 5.75 Å². The molecular weight excluding hydrogens is 422 g/mol. The van der Waals surface area contributed by atoms with Gasteiger partial charge in [-0.05, 0) is 24.8 Å². The highest BCUT2D eigenvalue weighted by Gasteiger charge is 2.38. The highest BCUT2D eigenvalue weighted by atomic mass is 32.2. The first-order valence-corrected chi connectivity index (χ1v) is 10.7. The predicted octanol–water partition coefficient (Wildman–Crippen LogP) is 5.05. The SMILES string of the molecule is CCOC(=O)C1=C(c2ccccc2)NC(SC)=C(C#N)[C@H]1c1ccccc1OC(F)F. The molecule has 0 saturated heterocycles. The van der Waals surface area contributed by atoms with Gasteiger partial charge in [-0.3, -0.25) is 0 Å². The van der Waals surface area contributed by atoms with Crippen LogP contribution in [0.1, 0.15) is 24.0 Å². The van der Waals surface area contributed by atoms with Crippen molar-refractivity contribution in [1.82, 2.24) is 5.32 Å². The number of hydrogen-bond acceptors (Lipinski definition) is 6. The first-order valence-electron chi connectivity index (χ1n) is 9.47. The Morgan fingerprint density at radius 2 is 1.87 bits per heavy atom. The molecule has 0 bridgehead atoms. The number of benzene rings is 2. The number of ether oxygens (including phenoxy) is 2. The summed E-state index contributed by atoms with van der Waals surface area (Å²) in [5.74, 6) is -1.69. The lowest BCUT2D eigenvalue weighted by molar-refractivity contribution is -0.138. The fourth-order valence-electron chi connectivity index (χ4n) is 3.44. The van der Waals surface area contributed by atoms with E-state index in [1.807, 2.05) is 30.3 Å². The van der Waals surface area contributed by atoms with Crippen molar-refractivity contribution in [3.63, 3.8) is 0 Å². The monoisotopic (exact) mass is 442 g/mol. The number of carbonyl (C=O) groups is 1. The van der Waals surface area contributed by atoms with Crippen molar-refractivity contribution in [3.8, 4) is 11.8 Å². The Hall–Kier alpha value is -3.31. The molecule has 1 aliphatic heterocycles. The van der Waals surface area contributed by atoms with Gasteiger partial charge >= 0.3 is 12.6 Å². The van der Waals surface area contributed by atoms with E-state index in [1.54, 1.807) is 31.4 Å². The third kappa shape index (κ3) is 4.72. The highest BCUT2D eigenvalue weighted by molar-refractivity contribution is 8.02. The Labute approximate surface area is 183 Å². The van der Waals surface area contributed by atoms with Crippen LogP contribution in [0, 0.1) is 11.3 Å². The summed E-state index contributed by atoms with van der Waals surface area (Å²) in [6, 6.07) is 17.4. The van der Waals surface area contributed by atoms with E-state index < -0.39 is 18.5 Å². The van der Waals surface area contributed by atoms with Gasteiger partial charge in [-0.25, -0.2) is 4.79 Å². The molecule has 0 saturated carbocycles. The number of dihydropyridines is 1. The lowest BCUT2D eigenvalue weighted by atomic mass is 9.81. The number of allylic oxidation sites excluding steroid dienone is 1. The van der Waals surface area contributed by atoms with Crippen molar-refractivity contribution in [1.29, 1.82) is 5.26 Å². The molecule has 0 aliphatic carbocycles. The molecule has 0 spiro atoms. The second-order valence-corrected chi connectivity index (χ2v) is 7.22. The van der Waals surface area contributed by atoms with Crippen LogP contribution in [-0.4, -0.2) is 25.4 Å². The lowest BCUT2D eigenvalue weighted by Gasteiger charge is -2.31. The van der Waals surface area contributed by atoms with Gasteiger partial charge in [0.25, 0.3) is 0 Å². The molecule has 1 heterocycles. The minimum absolute atomic E-state index is 0.105. The van der Waals surface area contributed by atoms with Crippen molar-refractivity contribution in [2.24, 2.45) is 0 Å². The van der Waals surface area contributed by atoms with Gasteiger partial charge in [-0.2, -0.15) is 14.0 Å². The zero-order valence-corrected chi connectivity index (χ0v) is 17.7. The Morgan fingerprint density at radius 3 is 2.48 bits per heavy atom. The third-order valence-corrected chi connectivity index (χ3v) is 5.39. The molecule has 0 fully saturated rings. The summed E-state index contributed by atoms with van der Waals surface area (Å²) in [7, 11) is 0. The number of nitrogens with one attached hydrogen (secondary N) is 1. The van der Waals surface area contributed by atoms with E-state index in [9.17, 15) is 18.8 Å². The Balaban J connectivity index is 2.33. The first kappa shape index (κ1) is 22.4. The summed E-state index contributed by atoms with van der Waals surface area (Å²) in [6.07, 6.45) is 1.79. The summed E-state index contributed by atoms with van der Waals surface area (Å²) in [5, 5.41) is 13.7. The molecule has 0 radical (unpaired) electrons. The second kappa shape index (κ2) is 10.1. The number of rotatable bonds is 7. The summed E-state index contributed by atoms with van der Waals surface area (Å²) in [5.41, 5.74) is 1.82. The maximum Gasteiger partial charge on any atom is 0.387 e. The van der Waals surface area contributed by atoms with E-state index >= 15 is 0 Å². The molecule has 160 valence electrons. The standard InChI is InChI=1S/C23H20F2N2O3S/c1-3-29-22(28)19-18(15-11-7-8-12-17(15)30-23(24)25)16(13-26)21(31-2)27-20(19)14-9-5-4-6-10-14/h4-12,18,23,27H,3H2,1-2H3/t18-/m1/s1. The Bertz CT molecular complexity index is 1060. The normalized spacial score (nSPS) is 16.1. The summed E-state index contributed by atoms with van der Waals surface area (Å²) < 4.78 is 36.2. The molecule has 2 aromatic carbocycles. The van der Waals surface area contributed by atoms with E-state index in [0.29, 0.717) is 16.3 Å². The van der Waals surface area contributed by atoms with Gasteiger partial charge < -0.3 is 14.8 Å². The number of halogens is 2. The van der Waals surface area contributed by atoms with Crippen LogP contribution in [0.2, 0.25) is 0 Å². The van der Waals surface area contributed by atoms with Crippen LogP contribution in [0.15, 0.2) is 70.8 Å². The number of para-hydroxylation sites is 1. The van der Waals surface area contributed by atoms with Crippen LogP contribution in [-0.2, 0) is 9.53 Å². The summed E-state index contributed by atoms with van der Waals surface area (Å²) >= 11 is 1.29. The molecule has 0 unspecified atom stereocenters. The van der Waals surface area contributed by atoms with Crippen molar-refractivity contribution < 1.29 is 23.0 Å². The smallest absolute Gasteiger partial charge is 0.387 e. The number of alkyl halides is 2. The van der Waals surface area contributed by atoms with E-state index in [4.69, 9.17) is 9.47 Å². The molecule has 31 heavy (non-hydrogen) atoms. The maximum atomic E-state index is 13.1. The Kier molecular flexibility index (Phi) is 7.32. The van der Waals surface area contributed by atoms with Crippen molar-refractivity contribution in [2.45, 2.75) is 19.5 Å². The van der Waals surface area contributed by atoms with Crippen LogP contribution >= 0.6 is 11.8 Å². The summed E-state index contributed by atoms with van der Waals surface area (Å²) in [6.45, 7) is -1.26. The van der Waals surface area contributed by atoms with Crippen molar-refractivity contribution >= 4 is 23.4 Å². The summed E-state index contributed by atoms with van der Waals surface area (Å²) in [4.78, 5) is 13.1. The minimum atomic E-state index is -3.05. The molecule has 0 aromatic heterocycles. The molecular formula is C23H20F2N2O3S. The van der Waals surface area contributed by atoms with Gasteiger partial charge in [-0.15, -0.1) is 11.8 Å². The number of esters is 1. The molecule has 1 atom stereocenters. The zero-order valence-electron chi connectivity index (χ0n) is 16.9. The number of thioether (sulfide) groups is 1. The number of carbonyl (C=O) groups excluding carboxylic acids is 1. The molecule has 1 aliphatic rings. The van der Waals surface area contributed by atoms with E-state index in [1.165, 1.54) is 17.8 Å². The van der Waals surface area contributed by atoms with Gasteiger partial charge in [0.2, 0.25) is 0 Å². The molecule has 8 heteroatoms. The number of nitrogens with zero attached hydrogens (tertiary/aromatic N) is 1. The van der Waals surface area contributed by atoms with E-state index in [-0.39, 0.29) is 29.1 Å². The van der Waals surface area contributed by atoms with Crippen LogP contribution in [0.5, 0.6) is 5.75 Å². The van der Waals surface area contributed by atoms with Crippen LogP contribution < -0.4 is 10.1 Å². The quantitative estimate of drug-likeness (QED) is 0.606. The third-order valence-electron chi connectivity index (χ3n) is 4.66. The zero-order chi connectivity index (χ0) is 22.4. The highest BCUT2D eigenvalue weighted by Crippen LogP contribution is 2.45. The van der Waals surface area contributed by atoms with Gasteiger partial charge in [0, 0.05) is 5.56 Å². The maximum absolute atomic E-state index is 13.1. The first-order chi connectivity index (χ1) is 15.0. The average Bonchev–Trinajstić information content (AvgIpc) is 2.78. The Morgan fingerprint density at radius 1 is 1.19 bits per heavy atom. The van der Waals surface area contributed by atoms with Crippen molar-refractivity contribution in [2.75, 3.05) is 12.9 Å². The molecule has 1 N–H and O–H groups in total. The minimum Gasteiger partial charge on any atom is -0.463 e. The van der Waals surface area contributed by atoms with Gasteiger partial charge in [-0.1, -0.05) is 48.5 Å². The molecule has 5 nitrogen and oxygen atoms in total. The lowest BCUT2D eigenvalue weighted by Crippen LogP contribution is -2.29. The average molecular weight is 442 g/mol. The molecule has 3 rings (SSSR count). The van der Waals surface area contributed by atoms with Crippen molar-refractivity contribution in [3.05, 3.63) is 81.9 Å². The van der Waals surface area contributed by atoms with Crippen LogP contribution in [0.4, 0.5) is 8.78 Å². The van der Waals surface area contributed by atoms with Crippen LogP contribution in [0.25, 0.3) is 5.70 Å². The second-order valence-electron chi connectivity index (χ2n) is 6.41. The number of hydrogen-bond donors (Lipinski definition) is 1.